The Morgan fingerprint density at radius 3 is 3.00 bits per heavy atom. The Balaban J connectivity index is 2.04. The highest BCUT2D eigenvalue weighted by Gasteiger charge is 2.11. The molecule has 0 aliphatic heterocycles. The number of fused-ring (bicyclic) bond motifs is 1. The van der Waals surface area contributed by atoms with Crippen molar-refractivity contribution in [1.82, 2.24) is 20.1 Å². The molecule has 4 nitrogen and oxygen atoms in total. The van der Waals surface area contributed by atoms with E-state index < -0.39 is 0 Å². The summed E-state index contributed by atoms with van der Waals surface area (Å²) in [7, 11) is 3.96. The Morgan fingerprint density at radius 1 is 1.32 bits per heavy atom. The van der Waals surface area contributed by atoms with Crippen LogP contribution in [0.15, 0.2) is 36.5 Å². The first-order valence-corrected chi connectivity index (χ1v) is 6.53. The second kappa shape index (κ2) is 4.90. The van der Waals surface area contributed by atoms with Crippen molar-refractivity contribution in [2.75, 3.05) is 13.6 Å². The zero-order valence-corrected chi connectivity index (χ0v) is 11.3. The van der Waals surface area contributed by atoms with Gasteiger partial charge in [0.1, 0.15) is 0 Å². The van der Waals surface area contributed by atoms with Gasteiger partial charge in [-0.05, 0) is 19.2 Å². The zero-order chi connectivity index (χ0) is 13.2. The summed E-state index contributed by atoms with van der Waals surface area (Å²) in [5.74, 6) is 0. The number of nitrogens with one attached hydrogen (secondary N) is 2. The average Bonchev–Trinajstić information content (AvgIpc) is 2.99. The highest BCUT2D eigenvalue weighted by atomic mass is 15.3. The lowest BCUT2D eigenvalue weighted by Crippen LogP contribution is -2.10. The highest BCUT2D eigenvalue weighted by molar-refractivity contribution is 5.94. The Kier molecular flexibility index (Phi) is 3.09. The van der Waals surface area contributed by atoms with E-state index >= 15 is 0 Å². The first kappa shape index (κ1) is 12.0. The van der Waals surface area contributed by atoms with Crippen LogP contribution in [-0.4, -0.2) is 28.4 Å². The molecule has 2 N–H and O–H groups in total. The Morgan fingerprint density at radius 2 is 2.16 bits per heavy atom. The van der Waals surface area contributed by atoms with Gasteiger partial charge in [-0.15, -0.1) is 0 Å². The molecule has 0 atom stereocenters. The highest BCUT2D eigenvalue weighted by Crippen LogP contribution is 2.28. The van der Waals surface area contributed by atoms with Crippen LogP contribution in [0.4, 0.5) is 0 Å². The van der Waals surface area contributed by atoms with Crippen LogP contribution < -0.4 is 5.32 Å². The number of para-hydroxylation sites is 1. The van der Waals surface area contributed by atoms with Crippen molar-refractivity contribution < 1.29 is 0 Å². The predicted molar refractivity (Wildman–Crippen MR) is 78.1 cm³/mol. The van der Waals surface area contributed by atoms with Crippen LogP contribution in [0.5, 0.6) is 0 Å². The molecule has 3 rings (SSSR count). The van der Waals surface area contributed by atoms with Crippen molar-refractivity contribution in [3.63, 3.8) is 0 Å². The number of likely N-dealkylation sites (N-methyl/N-ethyl adjacent to an activating group) is 1. The minimum absolute atomic E-state index is 0.949. The fourth-order valence-electron chi connectivity index (χ4n) is 2.44. The van der Waals surface area contributed by atoms with E-state index in [2.05, 4.69) is 45.9 Å². The molecule has 0 radical (unpaired) electrons. The van der Waals surface area contributed by atoms with E-state index in [0.29, 0.717) is 0 Å². The Hall–Kier alpha value is -2.07. The quantitative estimate of drug-likeness (QED) is 0.750. The first-order chi connectivity index (χ1) is 9.29. The fourth-order valence-corrected chi connectivity index (χ4v) is 2.44. The van der Waals surface area contributed by atoms with Gasteiger partial charge < -0.3 is 10.3 Å². The topological polar surface area (TPSA) is 45.6 Å². The molecule has 98 valence electrons. The van der Waals surface area contributed by atoms with Crippen LogP contribution in [0.3, 0.4) is 0 Å². The lowest BCUT2D eigenvalue weighted by Gasteiger charge is -1.99. The molecule has 0 spiro atoms. The van der Waals surface area contributed by atoms with Crippen molar-refractivity contribution in [2.24, 2.45) is 7.05 Å². The minimum atomic E-state index is 0.949. The van der Waals surface area contributed by atoms with Crippen molar-refractivity contribution >= 4 is 10.9 Å². The predicted octanol–water partition coefficient (Wildman–Crippen LogP) is 2.33. The molecule has 2 aromatic heterocycles. The van der Waals surface area contributed by atoms with Gasteiger partial charge in [0.25, 0.3) is 0 Å². The van der Waals surface area contributed by atoms with Crippen LogP contribution in [-0.2, 0) is 13.5 Å². The third-order valence-electron chi connectivity index (χ3n) is 3.43. The molecular weight excluding hydrogens is 236 g/mol. The van der Waals surface area contributed by atoms with Gasteiger partial charge in [-0.2, -0.15) is 5.10 Å². The Labute approximate surface area is 112 Å². The standard InChI is InChI=1S/C15H18N4/c1-16-8-7-11-9-15(19(2)18-11)13-10-17-14-6-4-3-5-12(13)14/h3-6,9-10,16-17H,7-8H2,1-2H3. The summed E-state index contributed by atoms with van der Waals surface area (Å²) in [5.41, 5.74) is 4.65. The molecule has 0 unspecified atom stereocenters. The van der Waals surface area contributed by atoms with E-state index in [9.17, 15) is 0 Å². The van der Waals surface area contributed by atoms with E-state index in [1.807, 2.05) is 24.8 Å². The van der Waals surface area contributed by atoms with Gasteiger partial charge in [0.2, 0.25) is 0 Å². The maximum atomic E-state index is 4.57. The lowest BCUT2D eigenvalue weighted by atomic mass is 10.1. The number of aryl methyl sites for hydroxylation is 1. The largest absolute Gasteiger partial charge is 0.360 e. The van der Waals surface area contributed by atoms with Gasteiger partial charge in [0, 0.05) is 42.7 Å². The summed E-state index contributed by atoms with van der Waals surface area (Å²) >= 11 is 0. The van der Waals surface area contributed by atoms with E-state index in [4.69, 9.17) is 0 Å². The minimum Gasteiger partial charge on any atom is -0.360 e. The third-order valence-corrected chi connectivity index (χ3v) is 3.43. The van der Waals surface area contributed by atoms with Gasteiger partial charge in [-0.3, -0.25) is 4.68 Å². The number of H-pyrrole nitrogens is 1. The maximum absolute atomic E-state index is 4.57. The zero-order valence-electron chi connectivity index (χ0n) is 11.3. The summed E-state index contributed by atoms with van der Waals surface area (Å²) in [6, 6.07) is 10.5. The lowest BCUT2D eigenvalue weighted by molar-refractivity contribution is 0.720. The molecule has 0 aliphatic rings. The van der Waals surface area contributed by atoms with Crippen molar-refractivity contribution in [2.45, 2.75) is 6.42 Å². The molecule has 0 aliphatic carbocycles. The third kappa shape index (κ3) is 2.15. The number of hydrogen-bond acceptors (Lipinski definition) is 2. The molecule has 0 amide bonds. The summed E-state index contributed by atoms with van der Waals surface area (Å²) in [4.78, 5) is 3.31. The number of rotatable bonds is 4. The normalized spacial score (nSPS) is 11.3. The van der Waals surface area contributed by atoms with Crippen molar-refractivity contribution in [1.29, 1.82) is 0 Å². The number of aromatic amines is 1. The molecule has 4 heteroatoms. The van der Waals surface area contributed by atoms with Gasteiger partial charge in [-0.25, -0.2) is 0 Å². The molecule has 0 saturated carbocycles. The smallest absolute Gasteiger partial charge is 0.0703 e. The molecule has 0 saturated heterocycles. The van der Waals surface area contributed by atoms with Crippen molar-refractivity contribution in [3.8, 4) is 11.3 Å². The van der Waals surface area contributed by atoms with E-state index in [1.54, 1.807) is 0 Å². The van der Waals surface area contributed by atoms with Gasteiger partial charge in [0.05, 0.1) is 11.4 Å². The summed E-state index contributed by atoms with van der Waals surface area (Å²) in [5, 5.41) is 8.97. The van der Waals surface area contributed by atoms with E-state index in [-0.39, 0.29) is 0 Å². The van der Waals surface area contributed by atoms with Crippen molar-refractivity contribution in [3.05, 3.63) is 42.2 Å². The molecule has 19 heavy (non-hydrogen) atoms. The SMILES string of the molecule is CNCCc1cc(-c2c[nH]c3ccccc23)n(C)n1. The average molecular weight is 254 g/mol. The molecule has 0 fully saturated rings. The van der Waals surface area contributed by atoms with Crippen LogP contribution in [0.1, 0.15) is 5.69 Å². The number of benzene rings is 1. The first-order valence-electron chi connectivity index (χ1n) is 6.53. The summed E-state index contributed by atoms with van der Waals surface area (Å²) < 4.78 is 1.96. The van der Waals surface area contributed by atoms with Crippen LogP contribution in [0, 0.1) is 0 Å². The second-order valence-corrected chi connectivity index (χ2v) is 4.75. The molecular formula is C15H18N4. The second-order valence-electron chi connectivity index (χ2n) is 4.75. The number of hydrogen-bond donors (Lipinski definition) is 2. The monoisotopic (exact) mass is 254 g/mol. The molecule has 3 aromatic rings. The summed E-state index contributed by atoms with van der Waals surface area (Å²) in [6.07, 6.45) is 3.01. The van der Waals surface area contributed by atoms with Gasteiger partial charge in [-0.1, -0.05) is 18.2 Å². The van der Waals surface area contributed by atoms with Crippen LogP contribution in [0.25, 0.3) is 22.2 Å². The fraction of sp³-hybridized carbons (Fsp3) is 0.267. The van der Waals surface area contributed by atoms with Gasteiger partial charge >= 0.3 is 0 Å². The maximum Gasteiger partial charge on any atom is 0.0703 e. The molecule has 2 heterocycles. The van der Waals surface area contributed by atoms with E-state index in [1.165, 1.54) is 10.9 Å². The van der Waals surface area contributed by atoms with Gasteiger partial charge in [0.15, 0.2) is 0 Å². The summed E-state index contributed by atoms with van der Waals surface area (Å²) in [6.45, 7) is 0.949. The van der Waals surface area contributed by atoms with Crippen LogP contribution in [0.2, 0.25) is 0 Å². The number of nitrogens with zero attached hydrogens (tertiary/aromatic N) is 2. The molecule has 1 aromatic carbocycles. The van der Waals surface area contributed by atoms with E-state index in [0.717, 1.165) is 29.9 Å². The van der Waals surface area contributed by atoms with Crippen LogP contribution >= 0.6 is 0 Å². The Bertz CT molecular complexity index is 693. The number of aromatic nitrogens is 3. The molecule has 0 bridgehead atoms.